The van der Waals surface area contributed by atoms with E-state index in [0.717, 1.165) is 4.88 Å². The number of hydrogen-bond donors (Lipinski definition) is 1. The van der Waals surface area contributed by atoms with Crippen LogP contribution in [0.4, 0.5) is 5.69 Å². The molecular weight excluding hydrogens is 262 g/mol. The fourth-order valence-corrected chi connectivity index (χ4v) is 2.75. The van der Waals surface area contributed by atoms with E-state index in [1.54, 1.807) is 18.2 Å². The van der Waals surface area contributed by atoms with Crippen LogP contribution in [0.2, 0.25) is 0 Å². The molecule has 0 fully saturated rings. The second-order valence-corrected chi connectivity index (χ2v) is 5.58. The maximum absolute atomic E-state index is 12.3. The molecule has 1 aromatic heterocycles. The minimum Gasteiger partial charge on any atom is -0.482 e. The van der Waals surface area contributed by atoms with Crippen LogP contribution in [-0.4, -0.2) is 18.3 Å². The molecule has 96 valence electrons. The second kappa shape index (κ2) is 4.51. The first kappa shape index (κ1) is 11.9. The lowest BCUT2D eigenvalue weighted by molar-refractivity contribution is -0.118. The number of nitrogens with one attached hydrogen (secondary N) is 1. The van der Waals surface area contributed by atoms with Crippen molar-refractivity contribution in [3.63, 3.8) is 0 Å². The Kier molecular flexibility index (Phi) is 2.83. The van der Waals surface area contributed by atoms with Gasteiger partial charge >= 0.3 is 0 Å². The van der Waals surface area contributed by atoms with Crippen molar-refractivity contribution in [1.82, 2.24) is 0 Å². The Balaban J connectivity index is 1.96. The number of rotatable bonds is 2. The SMILES string of the molecule is Cc1ccc(C(=O)c2ccc3c(c2)NC(=O)CO3)s1. The van der Waals surface area contributed by atoms with Gasteiger partial charge in [0.1, 0.15) is 5.75 Å². The summed E-state index contributed by atoms with van der Waals surface area (Å²) in [6, 6.07) is 8.82. The van der Waals surface area contributed by atoms with E-state index in [-0.39, 0.29) is 18.3 Å². The summed E-state index contributed by atoms with van der Waals surface area (Å²) >= 11 is 1.46. The third kappa shape index (κ3) is 2.24. The highest BCUT2D eigenvalue weighted by Gasteiger charge is 2.18. The van der Waals surface area contributed by atoms with E-state index in [0.29, 0.717) is 21.9 Å². The molecule has 0 radical (unpaired) electrons. The molecule has 4 nitrogen and oxygen atoms in total. The van der Waals surface area contributed by atoms with Crippen molar-refractivity contribution < 1.29 is 14.3 Å². The predicted molar refractivity (Wildman–Crippen MR) is 73.1 cm³/mol. The van der Waals surface area contributed by atoms with Gasteiger partial charge in [-0.25, -0.2) is 0 Å². The van der Waals surface area contributed by atoms with Crippen LogP contribution in [0.5, 0.6) is 5.75 Å². The molecule has 19 heavy (non-hydrogen) atoms. The Bertz CT molecular complexity index is 675. The van der Waals surface area contributed by atoms with Crippen molar-refractivity contribution >= 4 is 28.7 Å². The van der Waals surface area contributed by atoms with E-state index in [2.05, 4.69) is 5.32 Å². The van der Waals surface area contributed by atoms with Crippen molar-refractivity contribution in [2.75, 3.05) is 11.9 Å². The maximum atomic E-state index is 12.3. The summed E-state index contributed by atoms with van der Waals surface area (Å²) in [4.78, 5) is 25.3. The average Bonchev–Trinajstić information content (AvgIpc) is 2.83. The number of ketones is 1. The molecular formula is C14H11NO3S. The molecule has 0 atom stereocenters. The minimum atomic E-state index is -0.205. The zero-order chi connectivity index (χ0) is 13.4. The topological polar surface area (TPSA) is 55.4 Å². The fraction of sp³-hybridized carbons (Fsp3) is 0.143. The van der Waals surface area contributed by atoms with Gasteiger partial charge in [-0.15, -0.1) is 11.3 Å². The van der Waals surface area contributed by atoms with Crippen LogP contribution in [-0.2, 0) is 4.79 Å². The highest BCUT2D eigenvalue weighted by molar-refractivity contribution is 7.14. The predicted octanol–water partition coefficient (Wildman–Crippen LogP) is 2.62. The van der Waals surface area contributed by atoms with Gasteiger partial charge < -0.3 is 10.1 Å². The van der Waals surface area contributed by atoms with E-state index in [1.165, 1.54) is 11.3 Å². The van der Waals surface area contributed by atoms with E-state index >= 15 is 0 Å². The molecule has 2 heterocycles. The molecule has 0 saturated heterocycles. The molecule has 3 rings (SSSR count). The van der Waals surface area contributed by atoms with Crippen LogP contribution in [0.1, 0.15) is 20.1 Å². The lowest BCUT2D eigenvalue weighted by atomic mass is 10.1. The molecule has 2 aromatic rings. The van der Waals surface area contributed by atoms with Crippen LogP contribution in [0.15, 0.2) is 30.3 Å². The van der Waals surface area contributed by atoms with Gasteiger partial charge in [0.15, 0.2) is 6.61 Å². The first-order chi connectivity index (χ1) is 9.13. The van der Waals surface area contributed by atoms with Gasteiger partial charge in [0.05, 0.1) is 10.6 Å². The summed E-state index contributed by atoms with van der Waals surface area (Å²) in [6.45, 7) is 1.98. The van der Waals surface area contributed by atoms with Crippen LogP contribution in [0.3, 0.4) is 0 Å². The molecule has 1 N–H and O–H groups in total. The number of benzene rings is 1. The number of hydrogen-bond acceptors (Lipinski definition) is 4. The third-order valence-corrected chi connectivity index (χ3v) is 3.84. The Labute approximate surface area is 114 Å². The maximum Gasteiger partial charge on any atom is 0.262 e. The highest BCUT2D eigenvalue weighted by atomic mass is 32.1. The number of fused-ring (bicyclic) bond motifs is 1. The zero-order valence-electron chi connectivity index (χ0n) is 10.2. The van der Waals surface area contributed by atoms with Gasteiger partial charge in [-0.05, 0) is 37.3 Å². The summed E-state index contributed by atoms with van der Waals surface area (Å²) in [5, 5.41) is 2.70. The molecule has 1 aliphatic heterocycles. The number of ether oxygens (including phenoxy) is 1. The van der Waals surface area contributed by atoms with Gasteiger partial charge in [-0.3, -0.25) is 9.59 Å². The smallest absolute Gasteiger partial charge is 0.262 e. The lowest BCUT2D eigenvalue weighted by Gasteiger charge is -2.18. The van der Waals surface area contributed by atoms with E-state index in [4.69, 9.17) is 4.74 Å². The van der Waals surface area contributed by atoms with Crippen molar-refractivity contribution in [1.29, 1.82) is 0 Å². The van der Waals surface area contributed by atoms with Crippen molar-refractivity contribution in [2.45, 2.75) is 6.92 Å². The van der Waals surface area contributed by atoms with E-state index < -0.39 is 0 Å². The van der Waals surface area contributed by atoms with Crippen molar-refractivity contribution in [3.05, 3.63) is 45.6 Å². The lowest BCUT2D eigenvalue weighted by Crippen LogP contribution is -2.25. The molecule has 0 bridgehead atoms. The summed E-state index contributed by atoms with van der Waals surface area (Å²) in [7, 11) is 0. The first-order valence-corrected chi connectivity index (χ1v) is 6.63. The number of amides is 1. The largest absolute Gasteiger partial charge is 0.482 e. The van der Waals surface area contributed by atoms with E-state index in [1.807, 2.05) is 19.1 Å². The van der Waals surface area contributed by atoms with Gasteiger partial charge in [0.2, 0.25) is 5.78 Å². The molecule has 1 aliphatic rings. The number of carbonyl (C=O) groups excluding carboxylic acids is 2. The fourth-order valence-electron chi connectivity index (χ4n) is 1.92. The van der Waals surface area contributed by atoms with Crippen LogP contribution < -0.4 is 10.1 Å². The number of carbonyl (C=O) groups is 2. The standard InChI is InChI=1S/C14H11NO3S/c1-8-2-5-12(19-8)14(17)9-3-4-11-10(6-9)15-13(16)7-18-11/h2-6H,7H2,1H3,(H,15,16). The van der Waals surface area contributed by atoms with Crippen molar-refractivity contribution in [2.24, 2.45) is 0 Å². The molecule has 0 saturated carbocycles. The molecule has 5 heteroatoms. The van der Waals surface area contributed by atoms with Gasteiger partial charge in [0, 0.05) is 10.4 Å². The molecule has 1 amide bonds. The second-order valence-electron chi connectivity index (χ2n) is 4.29. The Morgan fingerprint density at radius 1 is 1.32 bits per heavy atom. The van der Waals surface area contributed by atoms with Crippen molar-refractivity contribution in [3.8, 4) is 5.75 Å². The Morgan fingerprint density at radius 3 is 2.89 bits per heavy atom. The average molecular weight is 273 g/mol. The number of thiophene rings is 1. The first-order valence-electron chi connectivity index (χ1n) is 5.81. The van der Waals surface area contributed by atoms with Gasteiger partial charge in [-0.1, -0.05) is 0 Å². The highest BCUT2D eigenvalue weighted by Crippen LogP contribution is 2.30. The quantitative estimate of drug-likeness (QED) is 0.856. The monoisotopic (exact) mass is 273 g/mol. The molecule has 0 unspecified atom stereocenters. The van der Waals surface area contributed by atoms with Gasteiger partial charge in [0.25, 0.3) is 5.91 Å². The molecule has 1 aromatic carbocycles. The number of anilines is 1. The summed E-state index contributed by atoms with van der Waals surface area (Å²) < 4.78 is 5.26. The summed E-state index contributed by atoms with van der Waals surface area (Å²) in [5.74, 6) is 0.350. The molecule has 0 aliphatic carbocycles. The Hall–Kier alpha value is -2.14. The van der Waals surface area contributed by atoms with Crippen LogP contribution >= 0.6 is 11.3 Å². The van der Waals surface area contributed by atoms with Crippen LogP contribution in [0.25, 0.3) is 0 Å². The minimum absolute atomic E-state index is 0.0183. The third-order valence-electron chi connectivity index (χ3n) is 2.84. The molecule has 0 spiro atoms. The van der Waals surface area contributed by atoms with Gasteiger partial charge in [-0.2, -0.15) is 0 Å². The Morgan fingerprint density at radius 2 is 2.16 bits per heavy atom. The summed E-state index contributed by atoms with van der Waals surface area (Å²) in [5.41, 5.74) is 1.10. The zero-order valence-corrected chi connectivity index (χ0v) is 11.0. The number of aryl methyl sites for hydroxylation is 1. The van der Waals surface area contributed by atoms with Crippen LogP contribution in [0, 0.1) is 6.92 Å². The summed E-state index contributed by atoms with van der Waals surface area (Å²) in [6.07, 6.45) is 0. The normalized spacial score (nSPS) is 13.4. The van der Waals surface area contributed by atoms with E-state index in [9.17, 15) is 9.59 Å².